The second kappa shape index (κ2) is 5.15. The van der Waals surface area contributed by atoms with Gasteiger partial charge in [-0.3, -0.25) is 0 Å². The number of para-hydroxylation sites is 1. The summed E-state index contributed by atoms with van der Waals surface area (Å²) in [4.78, 5) is 4.67. The van der Waals surface area contributed by atoms with Crippen molar-refractivity contribution in [3.63, 3.8) is 0 Å². The number of methoxy groups -OCH3 is 1. The number of anilines is 1. The van der Waals surface area contributed by atoms with Crippen LogP contribution >= 0.6 is 0 Å². The highest BCUT2D eigenvalue weighted by atomic mass is 16.5. The molecular weight excluding hydrogens is 272 g/mol. The fourth-order valence-corrected chi connectivity index (χ4v) is 4.18. The van der Waals surface area contributed by atoms with Crippen LogP contribution in [-0.2, 0) is 0 Å². The predicted octanol–water partition coefficient (Wildman–Crippen LogP) is 4.69. The van der Waals surface area contributed by atoms with E-state index < -0.39 is 0 Å². The number of rotatable bonds is 3. The molecule has 4 rings (SSSR count). The molecule has 2 saturated carbocycles. The third-order valence-corrected chi connectivity index (χ3v) is 5.52. The van der Waals surface area contributed by atoms with E-state index in [0.29, 0.717) is 11.5 Å². The molecule has 1 unspecified atom stereocenters. The smallest absolute Gasteiger partial charge is 0.145 e. The molecule has 0 radical (unpaired) electrons. The highest BCUT2D eigenvalue weighted by molar-refractivity contribution is 5.95. The number of pyridine rings is 1. The molecular formula is C19H24N2O. The van der Waals surface area contributed by atoms with Crippen molar-refractivity contribution in [3.05, 3.63) is 30.0 Å². The second-order valence-electron chi connectivity index (χ2n) is 6.99. The van der Waals surface area contributed by atoms with Crippen LogP contribution in [0.2, 0.25) is 0 Å². The Kier molecular flexibility index (Phi) is 3.24. The molecule has 2 aliphatic rings. The summed E-state index contributed by atoms with van der Waals surface area (Å²) < 4.78 is 5.48. The maximum absolute atomic E-state index is 5.48. The van der Waals surface area contributed by atoms with E-state index in [9.17, 15) is 0 Å². The van der Waals surface area contributed by atoms with E-state index in [-0.39, 0.29) is 0 Å². The molecule has 2 aliphatic carbocycles. The topological polar surface area (TPSA) is 34.1 Å². The summed E-state index contributed by atoms with van der Waals surface area (Å²) in [5.41, 5.74) is 3.80. The first-order valence-corrected chi connectivity index (χ1v) is 8.43. The average molecular weight is 296 g/mol. The minimum atomic E-state index is 0.584. The van der Waals surface area contributed by atoms with Crippen LogP contribution in [0.25, 0.3) is 10.9 Å². The highest BCUT2D eigenvalue weighted by Crippen LogP contribution is 2.57. The monoisotopic (exact) mass is 296 g/mol. The van der Waals surface area contributed by atoms with Crippen molar-refractivity contribution >= 4 is 16.6 Å². The Morgan fingerprint density at radius 2 is 2.05 bits per heavy atom. The molecule has 0 amide bonds. The summed E-state index contributed by atoms with van der Waals surface area (Å²) in [6.07, 6.45) is 8.36. The van der Waals surface area contributed by atoms with Gasteiger partial charge in [0.15, 0.2) is 0 Å². The van der Waals surface area contributed by atoms with Crippen molar-refractivity contribution in [1.82, 2.24) is 4.98 Å². The van der Waals surface area contributed by atoms with Gasteiger partial charge < -0.3 is 10.1 Å². The Morgan fingerprint density at radius 1 is 1.23 bits per heavy atom. The van der Waals surface area contributed by atoms with Crippen LogP contribution in [0.1, 0.15) is 44.2 Å². The van der Waals surface area contributed by atoms with E-state index in [4.69, 9.17) is 4.74 Å². The van der Waals surface area contributed by atoms with Crippen LogP contribution < -0.4 is 10.1 Å². The van der Waals surface area contributed by atoms with E-state index in [1.807, 2.05) is 12.1 Å². The lowest BCUT2D eigenvalue weighted by molar-refractivity contribution is 0.330. The Labute approximate surface area is 132 Å². The quantitative estimate of drug-likeness (QED) is 0.892. The first kappa shape index (κ1) is 13.9. The van der Waals surface area contributed by atoms with Gasteiger partial charge in [-0.25, -0.2) is 4.98 Å². The predicted molar refractivity (Wildman–Crippen MR) is 90.6 cm³/mol. The van der Waals surface area contributed by atoms with Gasteiger partial charge in [-0.1, -0.05) is 31.4 Å². The number of fused-ring (bicyclic) bond motifs is 1. The maximum Gasteiger partial charge on any atom is 0.145 e. The van der Waals surface area contributed by atoms with Crippen LogP contribution in [0.5, 0.6) is 5.75 Å². The number of ether oxygens (including phenoxy) is 1. The Hall–Kier alpha value is -1.77. The van der Waals surface area contributed by atoms with Crippen LogP contribution in [0.15, 0.2) is 24.3 Å². The summed E-state index contributed by atoms with van der Waals surface area (Å²) in [5, 5.41) is 4.99. The molecule has 3 nitrogen and oxygen atoms in total. The first-order chi connectivity index (χ1) is 10.7. The van der Waals surface area contributed by atoms with E-state index in [0.717, 1.165) is 17.0 Å². The molecule has 3 heteroatoms. The lowest BCUT2D eigenvalue weighted by atomic mass is 9.85. The lowest BCUT2D eigenvalue weighted by Crippen LogP contribution is -2.17. The summed E-state index contributed by atoms with van der Waals surface area (Å²) in [6.45, 7) is 2.06. The van der Waals surface area contributed by atoms with Gasteiger partial charge in [-0.15, -0.1) is 0 Å². The number of benzene rings is 1. The molecule has 1 atom stereocenters. The van der Waals surface area contributed by atoms with Crippen LogP contribution in [-0.4, -0.2) is 18.1 Å². The minimum Gasteiger partial charge on any atom is -0.494 e. The molecule has 1 N–H and O–H groups in total. The van der Waals surface area contributed by atoms with Crippen LogP contribution in [0, 0.1) is 12.3 Å². The molecule has 1 aromatic carbocycles. The van der Waals surface area contributed by atoms with Crippen molar-refractivity contribution in [2.75, 3.05) is 12.4 Å². The third-order valence-electron chi connectivity index (χ3n) is 5.52. The molecule has 1 aromatic heterocycles. The SMILES string of the molecule is COc1cccc2c(NC3CC34CCCCC4)cc(C)nc12. The zero-order valence-electron chi connectivity index (χ0n) is 13.5. The number of aryl methyl sites for hydroxylation is 1. The number of hydrogen-bond donors (Lipinski definition) is 1. The second-order valence-corrected chi connectivity index (χ2v) is 6.99. The van der Waals surface area contributed by atoms with Gasteiger partial charge in [0.25, 0.3) is 0 Å². The molecule has 2 aromatic rings. The van der Waals surface area contributed by atoms with Gasteiger partial charge in [-0.2, -0.15) is 0 Å². The molecule has 1 heterocycles. The third kappa shape index (κ3) is 2.23. The van der Waals surface area contributed by atoms with Gasteiger partial charge >= 0.3 is 0 Å². The molecule has 0 saturated heterocycles. The number of nitrogens with one attached hydrogen (secondary N) is 1. The van der Waals surface area contributed by atoms with Crippen LogP contribution in [0.4, 0.5) is 5.69 Å². The fraction of sp³-hybridized carbons (Fsp3) is 0.526. The summed E-state index contributed by atoms with van der Waals surface area (Å²) in [5.74, 6) is 0.854. The molecule has 0 bridgehead atoms. The highest BCUT2D eigenvalue weighted by Gasteiger charge is 2.53. The number of aromatic nitrogens is 1. The van der Waals surface area contributed by atoms with E-state index >= 15 is 0 Å². The largest absolute Gasteiger partial charge is 0.494 e. The van der Waals surface area contributed by atoms with Gasteiger partial charge in [0.2, 0.25) is 0 Å². The van der Waals surface area contributed by atoms with Gasteiger partial charge in [0, 0.05) is 22.8 Å². The van der Waals surface area contributed by atoms with Crippen LogP contribution in [0.3, 0.4) is 0 Å². The Bertz CT molecular complexity index is 704. The number of hydrogen-bond acceptors (Lipinski definition) is 3. The van der Waals surface area contributed by atoms with Crippen molar-refractivity contribution in [3.8, 4) is 5.75 Å². The standard InChI is InChI=1S/C19H24N2O/c1-13-11-15(14-7-6-8-16(22-2)18(14)20-13)21-17-12-19(17)9-4-3-5-10-19/h6-8,11,17H,3-5,9-10,12H2,1-2H3,(H,20,21). The molecule has 0 aliphatic heterocycles. The van der Waals surface area contributed by atoms with Gasteiger partial charge in [0.1, 0.15) is 11.3 Å². The van der Waals surface area contributed by atoms with E-state index in [1.165, 1.54) is 49.6 Å². The summed E-state index contributed by atoms with van der Waals surface area (Å²) in [7, 11) is 1.71. The number of nitrogens with zero attached hydrogens (tertiary/aromatic N) is 1. The average Bonchev–Trinajstić information content (AvgIpc) is 3.18. The summed E-state index contributed by atoms with van der Waals surface area (Å²) >= 11 is 0. The van der Waals surface area contributed by atoms with E-state index in [2.05, 4.69) is 29.4 Å². The van der Waals surface area contributed by atoms with Crippen molar-refractivity contribution in [1.29, 1.82) is 0 Å². The maximum atomic E-state index is 5.48. The normalized spacial score (nSPS) is 22.7. The van der Waals surface area contributed by atoms with Crippen molar-refractivity contribution in [2.45, 2.75) is 51.5 Å². The van der Waals surface area contributed by atoms with E-state index in [1.54, 1.807) is 7.11 Å². The Morgan fingerprint density at radius 3 is 2.82 bits per heavy atom. The lowest BCUT2D eigenvalue weighted by Gasteiger charge is -2.23. The molecule has 22 heavy (non-hydrogen) atoms. The Balaban J connectivity index is 1.67. The summed E-state index contributed by atoms with van der Waals surface area (Å²) in [6, 6.07) is 8.99. The van der Waals surface area contributed by atoms with Gasteiger partial charge in [0.05, 0.1) is 7.11 Å². The first-order valence-electron chi connectivity index (χ1n) is 8.43. The molecule has 1 spiro atoms. The minimum absolute atomic E-state index is 0.584. The van der Waals surface area contributed by atoms with Crippen molar-refractivity contribution in [2.24, 2.45) is 5.41 Å². The molecule has 116 valence electrons. The zero-order chi connectivity index (χ0) is 15.2. The fourth-order valence-electron chi connectivity index (χ4n) is 4.18. The molecule has 2 fully saturated rings. The van der Waals surface area contributed by atoms with Gasteiger partial charge in [-0.05, 0) is 43.7 Å². The zero-order valence-corrected chi connectivity index (χ0v) is 13.5. The van der Waals surface area contributed by atoms with Crippen molar-refractivity contribution < 1.29 is 4.74 Å².